The van der Waals surface area contributed by atoms with Gasteiger partial charge in [0.25, 0.3) is 10.0 Å². The van der Waals surface area contributed by atoms with Crippen molar-refractivity contribution in [3.8, 4) is 5.75 Å². The van der Waals surface area contributed by atoms with Crippen molar-refractivity contribution in [2.45, 2.75) is 18.7 Å². The van der Waals surface area contributed by atoms with Gasteiger partial charge >= 0.3 is 0 Å². The molecule has 0 bridgehead atoms. The first kappa shape index (κ1) is 26.2. The Balaban J connectivity index is 1.73. The number of carbonyl (C=O) groups excluding carboxylic acids is 1. The number of rotatable bonds is 9. The number of ether oxygens (including phenoxy) is 1. The van der Waals surface area contributed by atoms with E-state index in [1.54, 1.807) is 24.3 Å². The number of nitrogens with zero attached hydrogens (tertiary/aromatic N) is 1. The molecule has 34 heavy (non-hydrogen) atoms. The van der Waals surface area contributed by atoms with Crippen LogP contribution >= 0.6 is 34.8 Å². The number of benzene rings is 3. The topological polar surface area (TPSA) is 75.7 Å². The third-order valence-electron chi connectivity index (χ3n) is 4.87. The SMILES string of the molecule is Cc1ccc(S(=O)(=O)N(CC(=O)NCCOc2ccc(C)c(Cl)c2)c2cc(Cl)cc(Cl)c2)cc1. The number of aryl methyl sites for hydroxylation is 2. The highest BCUT2D eigenvalue weighted by atomic mass is 35.5. The Morgan fingerprint density at radius 2 is 1.59 bits per heavy atom. The predicted octanol–water partition coefficient (Wildman–Crippen LogP) is 5.65. The average molecular weight is 542 g/mol. The quantitative estimate of drug-likeness (QED) is 0.355. The molecule has 0 atom stereocenters. The Morgan fingerprint density at radius 1 is 0.941 bits per heavy atom. The van der Waals surface area contributed by atoms with E-state index >= 15 is 0 Å². The molecule has 0 saturated carbocycles. The smallest absolute Gasteiger partial charge is 0.264 e. The standard InChI is InChI=1S/C24H23Cl3N2O4S/c1-16-3-7-22(8-4-16)34(31,32)29(20-12-18(25)11-19(26)13-20)15-24(30)28-9-10-33-21-6-5-17(2)23(27)14-21/h3-8,11-14H,9-10,15H2,1-2H3,(H,28,30). The molecule has 0 saturated heterocycles. The van der Waals surface area contributed by atoms with Crippen LogP contribution < -0.4 is 14.4 Å². The van der Waals surface area contributed by atoms with E-state index in [9.17, 15) is 13.2 Å². The fourth-order valence-corrected chi connectivity index (χ4v) is 5.13. The van der Waals surface area contributed by atoms with E-state index in [4.69, 9.17) is 39.5 Å². The van der Waals surface area contributed by atoms with E-state index in [1.165, 1.54) is 30.3 Å². The minimum atomic E-state index is -4.07. The van der Waals surface area contributed by atoms with Gasteiger partial charge in [-0.15, -0.1) is 0 Å². The Morgan fingerprint density at radius 3 is 2.21 bits per heavy atom. The van der Waals surface area contributed by atoms with Crippen LogP contribution in [0, 0.1) is 13.8 Å². The van der Waals surface area contributed by atoms with E-state index in [0.717, 1.165) is 15.4 Å². The second-order valence-corrected chi connectivity index (χ2v) is 10.7. The number of nitrogens with one attached hydrogen (secondary N) is 1. The number of anilines is 1. The molecule has 180 valence electrons. The summed E-state index contributed by atoms with van der Waals surface area (Å²) in [7, 11) is -4.07. The average Bonchev–Trinajstić information content (AvgIpc) is 2.77. The molecule has 0 aliphatic carbocycles. The molecule has 0 aliphatic rings. The van der Waals surface area contributed by atoms with Crippen LogP contribution in [0.2, 0.25) is 15.1 Å². The zero-order valence-corrected chi connectivity index (χ0v) is 21.6. The van der Waals surface area contributed by atoms with Gasteiger partial charge < -0.3 is 10.1 Å². The summed E-state index contributed by atoms with van der Waals surface area (Å²) in [6.07, 6.45) is 0. The zero-order chi connectivity index (χ0) is 24.9. The van der Waals surface area contributed by atoms with Crippen molar-refractivity contribution in [1.82, 2.24) is 5.32 Å². The van der Waals surface area contributed by atoms with Crippen molar-refractivity contribution < 1.29 is 17.9 Å². The number of sulfonamides is 1. The first-order valence-corrected chi connectivity index (χ1v) is 12.8. The van der Waals surface area contributed by atoms with Crippen molar-refractivity contribution in [1.29, 1.82) is 0 Å². The van der Waals surface area contributed by atoms with Gasteiger partial charge in [-0.2, -0.15) is 0 Å². The predicted molar refractivity (Wildman–Crippen MR) is 137 cm³/mol. The molecule has 0 heterocycles. The Bertz CT molecular complexity index is 1260. The fraction of sp³-hybridized carbons (Fsp3) is 0.208. The second-order valence-electron chi connectivity index (χ2n) is 7.56. The van der Waals surface area contributed by atoms with E-state index in [0.29, 0.717) is 10.8 Å². The summed E-state index contributed by atoms with van der Waals surface area (Å²) in [6.45, 7) is 3.61. The van der Waals surface area contributed by atoms with Crippen LogP contribution in [0.3, 0.4) is 0 Å². The number of amides is 1. The third-order valence-corrected chi connectivity index (χ3v) is 7.50. The molecule has 0 spiro atoms. The van der Waals surface area contributed by atoms with E-state index < -0.39 is 22.5 Å². The molecule has 0 aromatic heterocycles. The van der Waals surface area contributed by atoms with Crippen molar-refractivity contribution in [2.75, 3.05) is 24.0 Å². The van der Waals surface area contributed by atoms with Gasteiger partial charge in [0, 0.05) is 15.1 Å². The number of hydrogen-bond acceptors (Lipinski definition) is 4. The van der Waals surface area contributed by atoms with Crippen LogP contribution in [-0.2, 0) is 14.8 Å². The molecular weight excluding hydrogens is 519 g/mol. The van der Waals surface area contributed by atoms with Gasteiger partial charge in [-0.05, 0) is 61.9 Å². The largest absolute Gasteiger partial charge is 0.492 e. The van der Waals surface area contributed by atoms with Gasteiger partial charge in [-0.3, -0.25) is 9.10 Å². The maximum absolute atomic E-state index is 13.4. The molecule has 3 rings (SSSR count). The molecule has 0 unspecified atom stereocenters. The molecule has 0 radical (unpaired) electrons. The van der Waals surface area contributed by atoms with Crippen LogP contribution in [0.5, 0.6) is 5.75 Å². The van der Waals surface area contributed by atoms with E-state index in [2.05, 4.69) is 5.32 Å². The summed E-state index contributed by atoms with van der Waals surface area (Å²) in [4.78, 5) is 12.7. The number of carbonyl (C=O) groups is 1. The monoisotopic (exact) mass is 540 g/mol. The second kappa shape index (κ2) is 11.3. The molecule has 10 heteroatoms. The van der Waals surface area contributed by atoms with Crippen LogP contribution in [0.15, 0.2) is 65.6 Å². The lowest BCUT2D eigenvalue weighted by molar-refractivity contribution is -0.119. The Kier molecular flexibility index (Phi) is 8.71. The van der Waals surface area contributed by atoms with Crippen LogP contribution in [0.1, 0.15) is 11.1 Å². The van der Waals surface area contributed by atoms with Crippen LogP contribution in [0.25, 0.3) is 0 Å². The summed E-state index contributed by atoms with van der Waals surface area (Å²) in [5, 5.41) is 3.75. The lowest BCUT2D eigenvalue weighted by Crippen LogP contribution is -2.42. The molecular formula is C24H23Cl3N2O4S. The molecule has 3 aromatic rings. The maximum atomic E-state index is 13.4. The maximum Gasteiger partial charge on any atom is 0.264 e. The molecule has 1 N–H and O–H groups in total. The van der Waals surface area contributed by atoms with Gasteiger partial charge in [0.1, 0.15) is 18.9 Å². The molecule has 0 aliphatic heterocycles. The number of halogens is 3. The molecule has 0 fully saturated rings. The van der Waals surface area contributed by atoms with Gasteiger partial charge in [-0.25, -0.2) is 8.42 Å². The summed E-state index contributed by atoms with van der Waals surface area (Å²) < 4.78 is 33.4. The van der Waals surface area contributed by atoms with Crippen molar-refractivity contribution in [3.63, 3.8) is 0 Å². The number of hydrogen-bond donors (Lipinski definition) is 1. The highest BCUT2D eigenvalue weighted by Gasteiger charge is 2.27. The summed E-state index contributed by atoms with van der Waals surface area (Å²) >= 11 is 18.3. The first-order valence-electron chi connectivity index (χ1n) is 10.3. The molecule has 1 amide bonds. The van der Waals surface area contributed by atoms with Gasteiger partial charge in [-0.1, -0.05) is 58.6 Å². The van der Waals surface area contributed by atoms with E-state index in [-0.39, 0.29) is 33.8 Å². The van der Waals surface area contributed by atoms with Gasteiger partial charge in [0.05, 0.1) is 17.1 Å². The molecule has 6 nitrogen and oxygen atoms in total. The van der Waals surface area contributed by atoms with Gasteiger partial charge in [0.2, 0.25) is 5.91 Å². The van der Waals surface area contributed by atoms with Crippen LogP contribution in [0.4, 0.5) is 5.69 Å². The summed E-state index contributed by atoms with van der Waals surface area (Å²) in [5.41, 5.74) is 2.01. The fourth-order valence-electron chi connectivity index (χ4n) is 3.04. The van der Waals surface area contributed by atoms with Crippen molar-refractivity contribution in [3.05, 3.63) is 86.9 Å². The zero-order valence-electron chi connectivity index (χ0n) is 18.5. The summed E-state index contributed by atoms with van der Waals surface area (Å²) in [5.74, 6) is 0.0549. The van der Waals surface area contributed by atoms with E-state index in [1.807, 2.05) is 19.9 Å². The van der Waals surface area contributed by atoms with Crippen molar-refractivity contribution >= 4 is 56.4 Å². The van der Waals surface area contributed by atoms with Crippen LogP contribution in [-0.4, -0.2) is 34.0 Å². The Labute approximate surface area is 214 Å². The Hall–Kier alpha value is -2.45. The minimum absolute atomic E-state index is 0.0431. The highest BCUT2D eigenvalue weighted by molar-refractivity contribution is 7.92. The lowest BCUT2D eigenvalue weighted by atomic mass is 10.2. The lowest BCUT2D eigenvalue weighted by Gasteiger charge is -2.24. The molecule has 3 aromatic carbocycles. The minimum Gasteiger partial charge on any atom is -0.492 e. The third kappa shape index (κ3) is 6.79. The van der Waals surface area contributed by atoms with Gasteiger partial charge in [0.15, 0.2) is 0 Å². The normalized spacial score (nSPS) is 11.2. The first-order chi connectivity index (χ1) is 16.1. The highest BCUT2D eigenvalue weighted by Crippen LogP contribution is 2.29. The van der Waals surface area contributed by atoms with Crippen molar-refractivity contribution in [2.24, 2.45) is 0 Å². The summed E-state index contributed by atoms with van der Waals surface area (Å²) in [6, 6.07) is 16.0.